The van der Waals surface area contributed by atoms with Gasteiger partial charge in [0.1, 0.15) is 0 Å². The van der Waals surface area contributed by atoms with Crippen molar-refractivity contribution in [2.45, 2.75) is 38.9 Å². The zero-order chi connectivity index (χ0) is 26.6. The SMILES string of the molecule is CCCCCC(OOC(=O)c1ccc(-c2ccccc2)cc1)OOC(=O)c1ccc(-c2ccccc2)cc1. The maximum absolute atomic E-state index is 12.5. The van der Waals surface area contributed by atoms with E-state index in [-0.39, 0.29) is 0 Å². The third kappa shape index (κ3) is 7.62. The Bertz CT molecular complexity index is 1190. The Morgan fingerprint density at radius 3 is 1.34 bits per heavy atom. The molecule has 0 heterocycles. The minimum atomic E-state index is -1.05. The molecular formula is C32H30O6. The van der Waals surface area contributed by atoms with Crippen molar-refractivity contribution in [2.24, 2.45) is 0 Å². The van der Waals surface area contributed by atoms with Crippen LogP contribution in [-0.4, -0.2) is 18.2 Å². The molecule has 0 fully saturated rings. The molecule has 6 heteroatoms. The maximum atomic E-state index is 12.5. The summed E-state index contributed by atoms with van der Waals surface area (Å²) in [4.78, 5) is 45.5. The number of carbonyl (C=O) groups excluding carboxylic acids is 2. The van der Waals surface area contributed by atoms with Crippen LogP contribution >= 0.6 is 0 Å². The highest BCUT2D eigenvalue weighted by atomic mass is 17.3. The number of hydrogen-bond donors (Lipinski definition) is 0. The summed E-state index contributed by atoms with van der Waals surface area (Å²) in [5.41, 5.74) is 4.70. The van der Waals surface area contributed by atoms with Crippen LogP contribution in [0.1, 0.15) is 53.3 Å². The highest BCUT2D eigenvalue weighted by Gasteiger charge is 2.19. The lowest BCUT2D eigenvalue weighted by atomic mass is 10.0. The summed E-state index contributed by atoms with van der Waals surface area (Å²) in [5, 5.41) is 0. The molecule has 0 aliphatic carbocycles. The Labute approximate surface area is 222 Å². The fourth-order valence-corrected chi connectivity index (χ4v) is 3.82. The van der Waals surface area contributed by atoms with Gasteiger partial charge in [0, 0.05) is 6.42 Å². The number of benzene rings is 4. The van der Waals surface area contributed by atoms with Crippen LogP contribution in [0.5, 0.6) is 0 Å². The predicted octanol–water partition coefficient (Wildman–Crippen LogP) is 7.80. The molecule has 0 amide bonds. The van der Waals surface area contributed by atoms with Crippen molar-refractivity contribution < 1.29 is 29.1 Å². The van der Waals surface area contributed by atoms with Crippen molar-refractivity contribution in [1.29, 1.82) is 0 Å². The smallest absolute Gasteiger partial charge is 0.290 e. The second-order valence-corrected chi connectivity index (χ2v) is 8.75. The fourth-order valence-electron chi connectivity index (χ4n) is 3.82. The molecule has 4 aromatic rings. The van der Waals surface area contributed by atoms with Crippen LogP contribution in [0.4, 0.5) is 0 Å². The molecule has 194 valence electrons. The highest BCUT2D eigenvalue weighted by Crippen LogP contribution is 2.21. The van der Waals surface area contributed by atoms with Crippen molar-refractivity contribution in [3.63, 3.8) is 0 Å². The molecule has 0 atom stereocenters. The van der Waals surface area contributed by atoms with Crippen molar-refractivity contribution in [1.82, 2.24) is 0 Å². The molecular weight excluding hydrogens is 480 g/mol. The molecule has 0 aromatic heterocycles. The van der Waals surface area contributed by atoms with E-state index in [1.165, 1.54) is 0 Å². The fraction of sp³-hybridized carbons (Fsp3) is 0.188. The summed E-state index contributed by atoms with van der Waals surface area (Å²) in [6.07, 6.45) is 1.98. The van der Waals surface area contributed by atoms with E-state index in [2.05, 4.69) is 6.92 Å². The van der Waals surface area contributed by atoms with Gasteiger partial charge in [0.2, 0.25) is 6.29 Å². The van der Waals surface area contributed by atoms with E-state index < -0.39 is 18.2 Å². The highest BCUT2D eigenvalue weighted by molar-refractivity contribution is 5.90. The topological polar surface area (TPSA) is 71.1 Å². The Morgan fingerprint density at radius 2 is 0.947 bits per heavy atom. The third-order valence-corrected chi connectivity index (χ3v) is 5.96. The van der Waals surface area contributed by atoms with Gasteiger partial charge < -0.3 is 0 Å². The lowest BCUT2D eigenvalue weighted by Gasteiger charge is -2.15. The normalized spacial score (nSPS) is 10.8. The molecule has 4 rings (SSSR count). The third-order valence-electron chi connectivity index (χ3n) is 5.96. The van der Waals surface area contributed by atoms with E-state index >= 15 is 0 Å². The minimum Gasteiger partial charge on any atom is -0.290 e. The molecule has 0 aliphatic heterocycles. The van der Waals surface area contributed by atoms with Gasteiger partial charge in [-0.2, -0.15) is 0 Å². The van der Waals surface area contributed by atoms with E-state index in [0.29, 0.717) is 17.5 Å². The molecule has 0 saturated carbocycles. The summed E-state index contributed by atoms with van der Waals surface area (Å²) >= 11 is 0. The summed E-state index contributed by atoms with van der Waals surface area (Å²) in [7, 11) is 0. The van der Waals surface area contributed by atoms with E-state index in [9.17, 15) is 9.59 Å². The summed E-state index contributed by atoms with van der Waals surface area (Å²) in [6, 6.07) is 33.7. The standard InChI is InChI=1S/C32H30O6/c1-2-3-6-15-30(35-37-31(33)28-20-16-26(17-21-28)24-11-7-4-8-12-24)36-38-32(34)29-22-18-27(19-23-29)25-13-9-5-10-14-25/h4-5,7-14,16-23,30H,2-3,6,15H2,1H3. The number of unbranched alkanes of at least 4 members (excludes halogenated alkanes) is 2. The summed E-state index contributed by atoms with van der Waals surface area (Å²) in [6.45, 7) is 2.06. The maximum Gasteiger partial charge on any atom is 0.373 e. The van der Waals surface area contributed by atoms with Gasteiger partial charge >= 0.3 is 11.9 Å². The average molecular weight is 511 g/mol. The molecule has 0 N–H and O–H groups in total. The lowest BCUT2D eigenvalue weighted by molar-refractivity contribution is -0.421. The molecule has 0 radical (unpaired) electrons. The first kappa shape index (κ1) is 26.8. The van der Waals surface area contributed by atoms with Crippen molar-refractivity contribution >= 4 is 11.9 Å². The first-order valence-electron chi connectivity index (χ1n) is 12.7. The minimum absolute atomic E-state index is 0.326. The van der Waals surface area contributed by atoms with Crippen LogP contribution in [0.3, 0.4) is 0 Å². The van der Waals surface area contributed by atoms with Gasteiger partial charge in [0.05, 0.1) is 11.1 Å². The lowest BCUT2D eigenvalue weighted by Crippen LogP contribution is -2.22. The Hall–Kier alpha value is -4.26. The zero-order valence-electron chi connectivity index (χ0n) is 21.2. The van der Waals surface area contributed by atoms with Crippen molar-refractivity contribution in [3.8, 4) is 22.3 Å². The quantitative estimate of drug-likeness (QED) is 0.0838. The van der Waals surface area contributed by atoms with Gasteiger partial charge in [-0.25, -0.2) is 9.59 Å². The molecule has 0 bridgehead atoms. The van der Waals surface area contributed by atoms with Crippen LogP contribution in [0.2, 0.25) is 0 Å². The Kier molecular flexibility index (Phi) is 9.79. The van der Waals surface area contributed by atoms with Crippen molar-refractivity contribution in [3.05, 3.63) is 120 Å². The summed E-state index contributed by atoms with van der Waals surface area (Å²) in [5.74, 6) is -1.34. The number of carbonyl (C=O) groups is 2. The van der Waals surface area contributed by atoms with E-state index in [1.807, 2.05) is 84.9 Å². The second kappa shape index (κ2) is 13.9. The first-order chi connectivity index (χ1) is 18.6. The molecule has 6 nitrogen and oxygen atoms in total. The van der Waals surface area contributed by atoms with Crippen LogP contribution in [0.15, 0.2) is 109 Å². The summed E-state index contributed by atoms with van der Waals surface area (Å²) < 4.78 is 0. The second-order valence-electron chi connectivity index (χ2n) is 8.75. The molecule has 0 spiro atoms. The van der Waals surface area contributed by atoms with Gasteiger partial charge in [0.25, 0.3) is 0 Å². The average Bonchev–Trinajstić information content (AvgIpc) is 2.99. The van der Waals surface area contributed by atoms with Crippen LogP contribution < -0.4 is 0 Å². The van der Waals surface area contributed by atoms with Crippen LogP contribution in [-0.2, 0) is 19.6 Å². The van der Waals surface area contributed by atoms with Crippen LogP contribution in [0.25, 0.3) is 22.3 Å². The van der Waals surface area contributed by atoms with E-state index in [4.69, 9.17) is 19.6 Å². The molecule has 4 aromatic carbocycles. The Morgan fingerprint density at radius 1 is 0.553 bits per heavy atom. The number of rotatable bonds is 12. The van der Waals surface area contributed by atoms with Gasteiger partial charge in [-0.3, -0.25) is 9.78 Å². The largest absolute Gasteiger partial charge is 0.373 e. The molecule has 0 unspecified atom stereocenters. The first-order valence-corrected chi connectivity index (χ1v) is 12.7. The van der Waals surface area contributed by atoms with Gasteiger partial charge in [-0.05, 0) is 52.9 Å². The zero-order valence-corrected chi connectivity index (χ0v) is 21.2. The molecule has 0 saturated heterocycles. The predicted molar refractivity (Wildman–Crippen MR) is 145 cm³/mol. The monoisotopic (exact) mass is 510 g/mol. The molecule has 38 heavy (non-hydrogen) atoms. The number of hydrogen-bond acceptors (Lipinski definition) is 6. The molecule has 0 aliphatic rings. The van der Waals surface area contributed by atoms with Gasteiger partial charge in [-0.1, -0.05) is 105 Å². The Balaban J connectivity index is 1.31. The van der Waals surface area contributed by atoms with Crippen molar-refractivity contribution in [2.75, 3.05) is 0 Å². The van der Waals surface area contributed by atoms with Gasteiger partial charge in [-0.15, -0.1) is 9.78 Å². The van der Waals surface area contributed by atoms with Crippen LogP contribution in [0, 0.1) is 0 Å². The van der Waals surface area contributed by atoms with Gasteiger partial charge in [0.15, 0.2) is 0 Å². The van der Waals surface area contributed by atoms with E-state index in [1.54, 1.807) is 24.3 Å². The van der Waals surface area contributed by atoms with E-state index in [0.717, 1.165) is 41.5 Å².